The van der Waals surface area contributed by atoms with Crippen LogP contribution < -0.4 is 5.32 Å². The molecule has 2 nitrogen and oxygen atoms in total. The standard InChI is InChI=1S/C13H11ClFNOS/c14-10-2-1-3-11(13(10)15)16-12(17)5-4-9-6-7-18-8-9/h1-3,6-8H,4-5H2,(H,16,17). The second-order valence-electron chi connectivity index (χ2n) is 3.78. The molecule has 0 unspecified atom stereocenters. The van der Waals surface area contributed by atoms with Crippen molar-refractivity contribution in [1.29, 1.82) is 0 Å². The highest BCUT2D eigenvalue weighted by Gasteiger charge is 2.09. The van der Waals surface area contributed by atoms with Gasteiger partial charge in [-0.05, 0) is 40.9 Å². The number of halogens is 2. The zero-order valence-electron chi connectivity index (χ0n) is 9.45. The van der Waals surface area contributed by atoms with Crippen LogP contribution in [0.25, 0.3) is 0 Å². The normalized spacial score (nSPS) is 10.3. The van der Waals surface area contributed by atoms with Crippen molar-refractivity contribution in [2.45, 2.75) is 12.8 Å². The Kier molecular flexibility index (Phi) is 4.33. The average molecular weight is 284 g/mol. The number of thiophene rings is 1. The van der Waals surface area contributed by atoms with Crippen LogP contribution in [0.4, 0.5) is 10.1 Å². The summed E-state index contributed by atoms with van der Waals surface area (Å²) in [6.07, 6.45) is 0.972. The van der Waals surface area contributed by atoms with E-state index in [-0.39, 0.29) is 16.6 Å². The molecule has 0 aliphatic rings. The first-order valence-electron chi connectivity index (χ1n) is 5.42. The van der Waals surface area contributed by atoms with E-state index in [2.05, 4.69) is 5.32 Å². The fourth-order valence-corrected chi connectivity index (χ4v) is 2.38. The number of carbonyl (C=O) groups is 1. The Morgan fingerprint density at radius 1 is 1.39 bits per heavy atom. The lowest BCUT2D eigenvalue weighted by atomic mass is 10.2. The van der Waals surface area contributed by atoms with E-state index in [1.807, 2.05) is 16.8 Å². The van der Waals surface area contributed by atoms with E-state index in [0.717, 1.165) is 5.56 Å². The number of anilines is 1. The quantitative estimate of drug-likeness (QED) is 0.899. The highest BCUT2D eigenvalue weighted by molar-refractivity contribution is 7.07. The number of amides is 1. The number of hydrogen-bond donors (Lipinski definition) is 1. The highest BCUT2D eigenvalue weighted by Crippen LogP contribution is 2.22. The zero-order valence-corrected chi connectivity index (χ0v) is 11.0. The fraction of sp³-hybridized carbons (Fsp3) is 0.154. The Labute approximate surface area is 113 Å². The number of rotatable bonds is 4. The largest absolute Gasteiger partial charge is 0.324 e. The summed E-state index contributed by atoms with van der Waals surface area (Å²) in [6.45, 7) is 0. The predicted molar refractivity (Wildman–Crippen MR) is 72.7 cm³/mol. The monoisotopic (exact) mass is 283 g/mol. The Morgan fingerprint density at radius 2 is 2.22 bits per heavy atom. The van der Waals surface area contributed by atoms with E-state index in [1.54, 1.807) is 17.4 Å². The van der Waals surface area contributed by atoms with Crippen LogP contribution in [0.1, 0.15) is 12.0 Å². The van der Waals surface area contributed by atoms with Gasteiger partial charge in [0.25, 0.3) is 0 Å². The van der Waals surface area contributed by atoms with Gasteiger partial charge in [-0.3, -0.25) is 4.79 Å². The molecule has 0 fully saturated rings. The van der Waals surface area contributed by atoms with Gasteiger partial charge in [0.2, 0.25) is 5.91 Å². The van der Waals surface area contributed by atoms with E-state index in [0.29, 0.717) is 12.8 Å². The summed E-state index contributed by atoms with van der Waals surface area (Å²) in [5.74, 6) is -0.814. The number of benzene rings is 1. The second-order valence-corrected chi connectivity index (χ2v) is 4.97. The van der Waals surface area contributed by atoms with Crippen LogP contribution in [-0.2, 0) is 11.2 Å². The molecule has 0 spiro atoms. The molecular formula is C13H11ClFNOS. The van der Waals surface area contributed by atoms with Crippen molar-refractivity contribution in [1.82, 2.24) is 0 Å². The first-order valence-corrected chi connectivity index (χ1v) is 6.74. The van der Waals surface area contributed by atoms with Crippen molar-refractivity contribution >= 4 is 34.5 Å². The molecule has 1 aromatic carbocycles. The second kappa shape index (κ2) is 5.98. The smallest absolute Gasteiger partial charge is 0.224 e. The molecule has 2 aromatic rings. The maximum atomic E-state index is 13.5. The van der Waals surface area contributed by atoms with Crippen molar-refractivity contribution in [2.75, 3.05) is 5.32 Å². The van der Waals surface area contributed by atoms with E-state index < -0.39 is 5.82 Å². The van der Waals surface area contributed by atoms with Crippen LogP contribution in [0, 0.1) is 5.82 Å². The van der Waals surface area contributed by atoms with Gasteiger partial charge in [0, 0.05) is 6.42 Å². The Balaban J connectivity index is 1.93. The number of carbonyl (C=O) groups excluding carboxylic acids is 1. The highest BCUT2D eigenvalue weighted by atomic mass is 35.5. The van der Waals surface area contributed by atoms with Crippen LogP contribution in [0.2, 0.25) is 5.02 Å². The van der Waals surface area contributed by atoms with Crippen molar-refractivity contribution in [3.8, 4) is 0 Å². The topological polar surface area (TPSA) is 29.1 Å². The van der Waals surface area contributed by atoms with Crippen molar-refractivity contribution < 1.29 is 9.18 Å². The summed E-state index contributed by atoms with van der Waals surface area (Å²) >= 11 is 7.22. The van der Waals surface area contributed by atoms with Gasteiger partial charge in [0.15, 0.2) is 5.82 Å². The van der Waals surface area contributed by atoms with Crippen molar-refractivity contribution in [2.24, 2.45) is 0 Å². The van der Waals surface area contributed by atoms with E-state index in [9.17, 15) is 9.18 Å². The van der Waals surface area contributed by atoms with Gasteiger partial charge in [-0.2, -0.15) is 11.3 Å². The molecule has 0 bridgehead atoms. The molecule has 0 saturated heterocycles. The molecule has 2 rings (SSSR count). The average Bonchev–Trinajstić information content (AvgIpc) is 2.86. The van der Waals surface area contributed by atoms with Gasteiger partial charge in [-0.15, -0.1) is 0 Å². The minimum Gasteiger partial charge on any atom is -0.324 e. The van der Waals surface area contributed by atoms with E-state index >= 15 is 0 Å². The summed E-state index contributed by atoms with van der Waals surface area (Å²) in [5, 5.41) is 6.48. The zero-order chi connectivity index (χ0) is 13.0. The first-order chi connectivity index (χ1) is 8.66. The summed E-state index contributed by atoms with van der Waals surface area (Å²) in [4.78, 5) is 11.7. The van der Waals surface area contributed by atoms with Crippen LogP contribution in [-0.4, -0.2) is 5.91 Å². The molecule has 18 heavy (non-hydrogen) atoms. The van der Waals surface area contributed by atoms with Crippen molar-refractivity contribution in [3.05, 3.63) is 51.4 Å². The van der Waals surface area contributed by atoms with Crippen molar-refractivity contribution in [3.63, 3.8) is 0 Å². The summed E-state index contributed by atoms with van der Waals surface area (Å²) in [7, 11) is 0. The van der Waals surface area contributed by atoms with E-state index in [1.165, 1.54) is 12.1 Å². The third kappa shape index (κ3) is 3.31. The van der Waals surface area contributed by atoms with Crippen LogP contribution >= 0.6 is 22.9 Å². The molecular weight excluding hydrogens is 273 g/mol. The molecule has 5 heteroatoms. The minimum absolute atomic E-state index is 0.00522. The molecule has 94 valence electrons. The first kappa shape index (κ1) is 13.1. The molecule has 1 heterocycles. The lowest BCUT2D eigenvalue weighted by molar-refractivity contribution is -0.116. The Morgan fingerprint density at radius 3 is 2.94 bits per heavy atom. The van der Waals surface area contributed by atoms with Crippen LogP contribution in [0.15, 0.2) is 35.0 Å². The minimum atomic E-state index is -0.594. The van der Waals surface area contributed by atoms with Crippen LogP contribution in [0.5, 0.6) is 0 Å². The molecule has 0 saturated carbocycles. The van der Waals surface area contributed by atoms with Gasteiger partial charge in [-0.1, -0.05) is 17.7 Å². The third-order valence-corrected chi connectivity index (χ3v) is 3.47. The molecule has 1 amide bonds. The van der Waals surface area contributed by atoms with E-state index in [4.69, 9.17) is 11.6 Å². The van der Waals surface area contributed by atoms with Gasteiger partial charge in [0.05, 0.1) is 10.7 Å². The Hall–Kier alpha value is -1.39. The fourth-order valence-electron chi connectivity index (χ4n) is 1.51. The lowest BCUT2D eigenvalue weighted by Gasteiger charge is -2.06. The summed E-state index contributed by atoms with van der Waals surface area (Å²) < 4.78 is 13.5. The summed E-state index contributed by atoms with van der Waals surface area (Å²) in [5.41, 5.74) is 1.24. The molecule has 0 radical (unpaired) electrons. The van der Waals surface area contributed by atoms with Gasteiger partial charge >= 0.3 is 0 Å². The lowest BCUT2D eigenvalue weighted by Crippen LogP contribution is -2.13. The molecule has 1 N–H and O–H groups in total. The third-order valence-electron chi connectivity index (χ3n) is 2.45. The molecule has 1 aromatic heterocycles. The SMILES string of the molecule is O=C(CCc1ccsc1)Nc1cccc(Cl)c1F. The van der Waals surface area contributed by atoms with Crippen LogP contribution in [0.3, 0.4) is 0 Å². The number of hydrogen-bond acceptors (Lipinski definition) is 2. The molecule has 0 atom stereocenters. The van der Waals surface area contributed by atoms with Gasteiger partial charge < -0.3 is 5.32 Å². The maximum absolute atomic E-state index is 13.5. The Bertz CT molecular complexity index is 542. The maximum Gasteiger partial charge on any atom is 0.224 e. The molecule has 0 aliphatic carbocycles. The molecule has 0 aliphatic heterocycles. The van der Waals surface area contributed by atoms with Gasteiger partial charge in [-0.25, -0.2) is 4.39 Å². The number of aryl methyl sites for hydroxylation is 1. The van der Waals surface area contributed by atoms with Gasteiger partial charge in [0.1, 0.15) is 0 Å². The summed E-state index contributed by atoms with van der Waals surface area (Å²) in [6, 6.07) is 6.50. The predicted octanol–water partition coefficient (Wildman–Crippen LogP) is 4.11. The number of nitrogens with one attached hydrogen (secondary N) is 1.